The number of rotatable bonds is 5. The van der Waals surface area contributed by atoms with Gasteiger partial charge in [0, 0.05) is 12.0 Å². The van der Waals surface area contributed by atoms with Crippen molar-refractivity contribution in [3.05, 3.63) is 29.8 Å². The highest BCUT2D eigenvalue weighted by molar-refractivity contribution is 5.95. The lowest BCUT2D eigenvalue weighted by molar-refractivity contribution is -0.136. The summed E-state index contributed by atoms with van der Waals surface area (Å²) in [5, 5.41) is 7.18. The molecule has 6 nitrogen and oxygen atoms in total. The van der Waals surface area contributed by atoms with E-state index < -0.39 is 11.9 Å². The summed E-state index contributed by atoms with van der Waals surface area (Å²) in [6.07, 6.45) is -0.0891. The Morgan fingerprint density at radius 3 is 2.11 bits per heavy atom. The Balaban J connectivity index is 0.00000289. The van der Waals surface area contributed by atoms with Gasteiger partial charge in [-0.2, -0.15) is 0 Å². The van der Waals surface area contributed by atoms with Gasteiger partial charge in [-0.25, -0.2) is 0 Å². The van der Waals surface area contributed by atoms with Gasteiger partial charge in [0.15, 0.2) is 0 Å². The normalized spacial score (nSPS) is 9.11. The summed E-state index contributed by atoms with van der Waals surface area (Å²) in [5.74, 6) is -0.797. The fraction of sp³-hybridized carbons (Fsp3) is 0.182. The van der Waals surface area contributed by atoms with Gasteiger partial charge in [-0.05, 0) is 24.3 Å². The monoisotopic (exact) mass is 271 g/mol. The molecule has 0 heterocycles. The number of hydrogen-bond acceptors (Lipinski definition) is 4. The Labute approximate surface area is 110 Å². The number of amidine groups is 1. The molecule has 0 aromatic heterocycles. The first-order chi connectivity index (χ1) is 7.99. The summed E-state index contributed by atoms with van der Waals surface area (Å²) in [5.41, 5.74) is 10.7. The zero-order valence-corrected chi connectivity index (χ0v) is 10.3. The van der Waals surface area contributed by atoms with Crippen molar-refractivity contribution in [1.29, 1.82) is 5.41 Å². The minimum atomic E-state index is -0.547. The van der Waals surface area contributed by atoms with Crippen LogP contribution in [0.15, 0.2) is 24.3 Å². The second kappa shape index (κ2) is 7.29. The van der Waals surface area contributed by atoms with Crippen LogP contribution in [-0.4, -0.2) is 17.7 Å². The number of carbonyl (C=O) groups excluding carboxylic acids is 2. The van der Waals surface area contributed by atoms with Crippen LogP contribution in [0.1, 0.15) is 18.4 Å². The number of primary amides is 1. The van der Waals surface area contributed by atoms with Gasteiger partial charge in [-0.15, -0.1) is 12.4 Å². The van der Waals surface area contributed by atoms with Crippen LogP contribution in [0.4, 0.5) is 0 Å². The molecule has 1 aromatic rings. The van der Waals surface area contributed by atoms with Crippen molar-refractivity contribution in [3.8, 4) is 5.75 Å². The molecule has 1 aromatic carbocycles. The standard InChI is InChI=1S/C11H13N3O3.ClH/c12-9(15)5-6-10(16)17-8-3-1-7(2-4-8)11(13)14;/h1-4H,5-6H2,(H2,12,15)(H3,13,14);1H. The summed E-state index contributed by atoms with van der Waals surface area (Å²) in [6, 6.07) is 6.19. The number of carbonyl (C=O) groups is 2. The average Bonchev–Trinajstić information content (AvgIpc) is 2.27. The van der Waals surface area contributed by atoms with Crippen LogP contribution < -0.4 is 16.2 Å². The minimum Gasteiger partial charge on any atom is -0.427 e. The molecule has 0 radical (unpaired) electrons. The lowest BCUT2D eigenvalue weighted by Crippen LogP contribution is -2.15. The van der Waals surface area contributed by atoms with Crippen LogP contribution in [-0.2, 0) is 9.59 Å². The number of nitrogens with one attached hydrogen (secondary N) is 1. The fourth-order valence-electron chi connectivity index (χ4n) is 1.11. The molecular formula is C11H14ClN3O3. The second-order valence-corrected chi connectivity index (χ2v) is 3.38. The topological polar surface area (TPSA) is 119 Å². The van der Waals surface area contributed by atoms with Crippen molar-refractivity contribution < 1.29 is 14.3 Å². The van der Waals surface area contributed by atoms with E-state index in [0.717, 1.165) is 0 Å². The number of nitrogen functional groups attached to an aromatic ring is 1. The third-order valence-electron chi connectivity index (χ3n) is 1.97. The number of esters is 1. The summed E-state index contributed by atoms with van der Waals surface area (Å²) in [7, 11) is 0. The molecule has 98 valence electrons. The van der Waals surface area contributed by atoms with E-state index in [2.05, 4.69) is 0 Å². The Bertz CT molecular complexity index is 445. The van der Waals surface area contributed by atoms with E-state index in [1.165, 1.54) is 12.1 Å². The zero-order valence-electron chi connectivity index (χ0n) is 9.51. The predicted molar refractivity (Wildman–Crippen MR) is 68.8 cm³/mol. The summed E-state index contributed by atoms with van der Waals surface area (Å²) in [4.78, 5) is 21.7. The maximum absolute atomic E-state index is 11.2. The lowest BCUT2D eigenvalue weighted by Gasteiger charge is -2.04. The van der Waals surface area contributed by atoms with Gasteiger partial charge in [0.1, 0.15) is 11.6 Å². The molecule has 0 saturated carbocycles. The summed E-state index contributed by atoms with van der Waals surface area (Å²) < 4.78 is 4.94. The first-order valence-electron chi connectivity index (χ1n) is 4.92. The predicted octanol–water partition coefficient (Wildman–Crippen LogP) is 0.563. The third-order valence-corrected chi connectivity index (χ3v) is 1.97. The third kappa shape index (κ3) is 5.31. The number of ether oxygens (including phenoxy) is 1. The van der Waals surface area contributed by atoms with Crippen LogP contribution in [0.25, 0.3) is 0 Å². The molecule has 0 aliphatic carbocycles. The maximum atomic E-state index is 11.2. The van der Waals surface area contributed by atoms with Crippen LogP contribution in [0.2, 0.25) is 0 Å². The van der Waals surface area contributed by atoms with Crippen molar-refractivity contribution in [3.63, 3.8) is 0 Å². The molecule has 0 spiro atoms. The number of nitrogens with two attached hydrogens (primary N) is 2. The summed E-state index contributed by atoms with van der Waals surface area (Å²) >= 11 is 0. The van der Waals surface area contributed by atoms with E-state index in [0.29, 0.717) is 11.3 Å². The average molecular weight is 272 g/mol. The molecule has 0 fully saturated rings. The van der Waals surface area contributed by atoms with Gasteiger partial charge in [0.05, 0.1) is 6.42 Å². The molecule has 0 bridgehead atoms. The van der Waals surface area contributed by atoms with Gasteiger partial charge >= 0.3 is 5.97 Å². The van der Waals surface area contributed by atoms with E-state index in [1.807, 2.05) is 0 Å². The largest absolute Gasteiger partial charge is 0.427 e. The highest BCUT2D eigenvalue weighted by Gasteiger charge is 2.07. The Hall–Kier alpha value is -2.08. The zero-order chi connectivity index (χ0) is 12.8. The second-order valence-electron chi connectivity index (χ2n) is 3.38. The lowest BCUT2D eigenvalue weighted by atomic mass is 10.2. The van der Waals surface area contributed by atoms with Crippen molar-refractivity contribution in [2.75, 3.05) is 0 Å². The minimum absolute atomic E-state index is 0. The summed E-state index contributed by atoms with van der Waals surface area (Å²) in [6.45, 7) is 0. The molecule has 0 atom stereocenters. The number of amides is 1. The molecule has 1 amide bonds. The van der Waals surface area contributed by atoms with Crippen molar-refractivity contribution >= 4 is 30.1 Å². The van der Waals surface area contributed by atoms with E-state index in [9.17, 15) is 9.59 Å². The Morgan fingerprint density at radius 2 is 1.67 bits per heavy atom. The van der Waals surface area contributed by atoms with Crippen LogP contribution >= 0.6 is 12.4 Å². The molecular weight excluding hydrogens is 258 g/mol. The number of hydrogen-bond donors (Lipinski definition) is 3. The first kappa shape index (κ1) is 15.9. The van der Waals surface area contributed by atoms with Gasteiger partial charge in [-0.3, -0.25) is 15.0 Å². The molecule has 5 N–H and O–H groups in total. The van der Waals surface area contributed by atoms with Crippen LogP contribution in [0, 0.1) is 5.41 Å². The number of halogens is 1. The van der Waals surface area contributed by atoms with E-state index in [1.54, 1.807) is 12.1 Å². The van der Waals surface area contributed by atoms with E-state index in [4.69, 9.17) is 21.6 Å². The number of benzene rings is 1. The van der Waals surface area contributed by atoms with Gasteiger partial charge in [-0.1, -0.05) is 0 Å². The van der Waals surface area contributed by atoms with Gasteiger partial charge in [0.2, 0.25) is 5.91 Å². The molecule has 1 rings (SSSR count). The van der Waals surface area contributed by atoms with Crippen LogP contribution in [0.3, 0.4) is 0 Å². The Kier molecular flexibility index (Phi) is 6.44. The highest BCUT2D eigenvalue weighted by Crippen LogP contribution is 2.12. The molecule has 0 unspecified atom stereocenters. The fourth-order valence-corrected chi connectivity index (χ4v) is 1.11. The van der Waals surface area contributed by atoms with Crippen molar-refractivity contribution in [2.45, 2.75) is 12.8 Å². The molecule has 7 heteroatoms. The molecule has 0 saturated heterocycles. The van der Waals surface area contributed by atoms with Crippen molar-refractivity contribution in [2.24, 2.45) is 11.5 Å². The molecule has 0 aliphatic heterocycles. The molecule has 18 heavy (non-hydrogen) atoms. The Morgan fingerprint density at radius 1 is 1.11 bits per heavy atom. The first-order valence-corrected chi connectivity index (χ1v) is 4.92. The van der Waals surface area contributed by atoms with Gasteiger partial charge in [0.25, 0.3) is 0 Å². The maximum Gasteiger partial charge on any atom is 0.311 e. The van der Waals surface area contributed by atoms with E-state index >= 15 is 0 Å². The SMILES string of the molecule is Cl.N=C(N)c1ccc(OC(=O)CCC(N)=O)cc1. The molecule has 0 aliphatic rings. The smallest absolute Gasteiger partial charge is 0.311 e. The van der Waals surface area contributed by atoms with Crippen LogP contribution in [0.5, 0.6) is 5.75 Å². The van der Waals surface area contributed by atoms with E-state index in [-0.39, 0.29) is 31.1 Å². The highest BCUT2D eigenvalue weighted by atomic mass is 35.5. The van der Waals surface area contributed by atoms with Gasteiger partial charge < -0.3 is 16.2 Å². The van der Waals surface area contributed by atoms with Crippen molar-refractivity contribution in [1.82, 2.24) is 0 Å². The quantitative estimate of drug-likeness (QED) is 0.314.